The van der Waals surface area contributed by atoms with Crippen LogP contribution in [-0.2, 0) is 4.74 Å². The van der Waals surface area contributed by atoms with Crippen LogP contribution in [0, 0.1) is 0 Å². The number of benzene rings is 1. The van der Waals surface area contributed by atoms with Gasteiger partial charge in [0.2, 0.25) is 0 Å². The molecule has 0 saturated carbocycles. The molecule has 1 atom stereocenters. The maximum Gasteiger partial charge on any atom is 0.184 e. The number of hydrogen-bond donors (Lipinski definition) is 1. The zero-order chi connectivity index (χ0) is 11.4. The van der Waals surface area contributed by atoms with E-state index in [-0.39, 0.29) is 6.04 Å². The molecule has 16 heavy (non-hydrogen) atoms. The maximum atomic E-state index is 5.94. The average molecular weight is 239 g/mol. The van der Waals surface area contributed by atoms with Crippen molar-refractivity contribution in [1.82, 2.24) is 0 Å². The van der Waals surface area contributed by atoms with Gasteiger partial charge in [0, 0.05) is 11.4 Å². The Kier molecular flexibility index (Phi) is 3.80. The van der Waals surface area contributed by atoms with Gasteiger partial charge in [-0.1, -0.05) is 23.7 Å². The third-order valence-corrected chi connectivity index (χ3v) is 2.77. The zero-order valence-corrected chi connectivity index (χ0v) is 9.78. The van der Waals surface area contributed by atoms with E-state index >= 15 is 0 Å². The molecule has 0 amide bonds. The number of aliphatic imine (C=N–C) groups is 1. The van der Waals surface area contributed by atoms with Crippen molar-refractivity contribution in [2.24, 2.45) is 10.7 Å². The summed E-state index contributed by atoms with van der Waals surface area (Å²) in [5.41, 5.74) is 6.55. The average Bonchev–Trinajstić information content (AvgIpc) is 2.75. The second-order valence-corrected chi connectivity index (χ2v) is 4.23. The van der Waals surface area contributed by atoms with E-state index in [4.69, 9.17) is 22.1 Å². The zero-order valence-electron chi connectivity index (χ0n) is 9.03. The molecule has 86 valence electrons. The molecule has 2 rings (SSSR count). The van der Waals surface area contributed by atoms with E-state index in [2.05, 4.69) is 4.99 Å². The third-order valence-electron chi connectivity index (χ3n) is 2.54. The fourth-order valence-electron chi connectivity index (χ4n) is 1.70. The van der Waals surface area contributed by atoms with Crippen LogP contribution in [0.5, 0.6) is 0 Å². The van der Waals surface area contributed by atoms with Gasteiger partial charge >= 0.3 is 0 Å². The van der Waals surface area contributed by atoms with Crippen molar-refractivity contribution in [3.05, 3.63) is 34.9 Å². The lowest BCUT2D eigenvalue weighted by atomic mass is 10.1. The van der Waals surface area contributed by atoms with Crippen LogP contribution in [-0.4, -0.2) is 19.0 Å². The van der Waals surface area contributed by atoms with E-state index in [9.17, 15) is 0 Å². The maximum absolute atomic E-state index is 5.94. The van der Waals surface area contributed by atoms with Crippen molar-refractivity contribution >= 4 is 17.5 Å². The van der Waals surface area contributed by atoms with Gasteiger partial charge in [-0.15, -0.1) is 0 Å². The minimum absolute atomic E-state index is 0.0893. The Morgan fingerprint density at radius 3 is 3.12 bits per heavy atom. The first kappa shape index (κ1) is 11.4. The fraction of sp³-hybridized carbons (Fsp3) is 0.417. The van der Waals surface area contributed by atoms with Crippen LogP contribution in [0.2, 0.25) is 5.02 Å². The Labute approximate surface area is 100 Å². The summed E-state index contributed by atoms with van der Waals surface area (Å²) in [6, 6.07) is 7.84. The molecule has 1 aromatic rings. The smallest absolute Gasteiger partial charge is 0.184 e. The summed E-state index contributed by atoms with van der Waals surface area (Å²) in [5, 5.41) is 0.739. The van der Waals surface area contributed by atoms with Crippen LogP contribution in [0.1, 0.15) is 24.4 Å². The molecule has 4 heteroatoms. The Morgan fingerprint density at radius 2 is 2.38 bits per heavy atom. The second-order valence-electron chi connectivity index (χ2n) is 3.80. The van der Waals surface area contributed by atoms with Gasteiger partial charge in [-0.2, -0.15) is 0 Å². The lowest BCUT2D eigenvalue weighted by Crippen LogP contribution is -2.04. The molecule has 3 nitrogen and oxygen atoms in total. The highest BCUT2D eigenvalue weighted by Crippen LogP contribution is 2.25. The van der Waals surface area contributed by atoms with Crippen LogP contribution in [0.3, 0.4) is 0 Å². The number of nitrogens with zero attached hydrogens (tertiary/aromatic N) is 1. The van der Waals surface area contributed by atoms with Gasteiger partial charge in [-0.05, 0) is 30.7 Å². The minimum atomic E-state index is 0.0893. The van der Waals surface area contributed by atoms with Crippen molar-refractivity contribution < 1.29 is 4.74 Å². The number of nitrogens with two attached hydrogens (primary N) is 1. The predicted octanol–water partition coefficient (Wildman–Crippen LogP) is 2.55. The van der Waals surface area contributed by atoms with Crippen LogP contribution < -0.4 is 5.73 Å². The Morgan fingerprint density at radius 1 is 1.50 bits per heavy atom. The molecule has 1 aliphatic heterocycles. The van der Waals surface area contributed by atoms with Crippen LogP contribution in [0.15, 0.2) is 29.3 Å². The molecule has 0 saturated heterocycles. The fourth-order valence-corrected chi connectivity index (χ4v) is 1.90. The summed E-state index contributed by atoms with van der Waals surface area (Å²) in [4.78, 5) is 4.52. The first-order valence-electron chi connectivity index (χ1n) is 5.44. The van der Waals surface area contributed by atoms with E-state index < -0.39 is 0 Å². The lowest BCUT2D eigenvalue weighted by molar-refractivity contribution is 0.311. The monoisotopic (exact) mass is 238 g/mol. The first-order chi connectivity index (χ1) is 7.79. The van der Waals surface area contributed by atoms with Crippen molar-refractivity contribution in [2.45, 2.75) is 18.9 Å². The van der Waals surface area contributed by atoms with Crippen molar-refractivity contribution in [3.63, 3.8) is 0 Å². The number of hydrogen-bond acceptors (Lipinski definition) is 3. The molecule has 0 radical (unpaired) electrons. The highest BCUT2D eigenvalue weighted by molar-refractivity contribution is 6.30. The highest BCUT2D eigenvalue weighted by Gasteiger charge is 2.19. The standard InChI is InChI=1S/C12H15ClN2O/c13-10-4-1-3-9(7-10)11-8-16-12(15-11)5-2-6-14/h1,3-4,7,11H,2,5-6,8,14H2. The molecule has 1 aliphatic rings. The minimum Gasteiger partial charge on any atom is -0.478 e. The summed E-state index contributed by atoms with van der Waals surface area (Å²) in [7, 11) is 0. The Bertz CT molecular complexity index is 392. The van der Waals surface area contributed by atoms with Gasteiger partial charge in [0.25, 0.3) is 0 Å². The highest BCUT2D eigenvalue weighted by atomic mass is 35.5. The van der Waals surface area contributed by atoms with Crippen molar-refractivity contribution in [1.29, 1.82) is 0 Å². The van der Waals surface area contributed by atoms with E-state index in [1.807, 2.05) is 24.3 Å². The van der Waals surface area contributed by atoms with Gasteiger partial charge in [-0.3, -0.25) is 0 Å². The van der Waals surface area contributed by atoms with E-state index in [0.717, 1.165) is 29.3 Å². The molecule has 0 bridgehead atoms. The van der Waals surface area contributed by atoms with Gasteiger partial charge in [-0.25, -0.2) is 4.99 Å². The topological polar surface area (TPSA) is 47.6 Å². The molecular weight excluding hydrogens is 224 g/mol. The van der Waals surface area contributed by atoms with E-state index in [0.29, 0.717) is 13.2 Å². The summed E-state index contributed by atoms with van der Waals surface area (Å²) in [5.74, 6) is 0.815. The second kappa shape index (κ2) is 5.32. The molecule has 0 spiro atoms. The Hall–Kier alpha value is -1.06. The largest absolute Gasteiger partial charge is 0.478 e. The lowest BCUT2D eigenvalue weighted by Gasteiger charge is -2.04. The predicted molar refractivity (Wildman–Crippen MR) is 65.9 cm³/mol. The van der Waals surface area contributed by atoms with Gasteiger partial charge < -0.3 is 10.5 Å². The first-order valence-corrected chi connectivity index (χ1v) is 5.82. The number of halogens is 1. The molecular formula is C12H15ClN2O. The number of ether oxygens (including phenoxy) is 1. The van der Waals surface area contributed by atoms with Crippen LogP contribution in [0.25, 0.3) is 0 Å². The molecule has 0 fully saturated rings. The number of rotatable bonds is 4. The molecule has 2 N–H and O–H groups in total. The summed E-state index contributed by atoms with van der Waals surface area (Å²) in [6.07, 6.45) is 1.74. The Balaban J connectivity index is 2.04. The van der Waals surface area contributed by atoms with E-state index in [1.54, 1.807) is 0 Å². The molecule has 1 aromatic carbocycles. The quantitative estimate of drug-likeness (QED) is 0.876. The summed E-state index contributed by atoms with van der Waals surface area (Å²) >= 11 is 5.94. The van der Waals surface area contributed by atoms with Crippen molar-refractivity contribution in [3.8, 4) is 0 Å². The molecule has 1 heterocycles. The van der Waals surface area contributed by atoms with Gasteiger partial charge in [0.1, 0.15) is 12.6 Å². The SMILES string of the molecule is NCCCC1=NC(c2cccc(Cl)c2)CO1. The normalized spacial score (nSPS) is 19.4. The summed E-state index contributed by atoms with van der Waals surface area (Å²) < 4.78 is 5.51. The van der Waals surface area contributed by atoms with Crippen molar-refractivity contribution in [2.75, 3.05) is 13.2 Å². The van der Waals surface area contributed by atoms with Crippen LogP contribution >= 0.6 is 11.6 Å². The van der Waals surface area contributed by atoms with Gasteiger partial charge in [0.05, 0.1) is 0 Å². The summed E-state index contributed by atoms with van der Waals surface area (Å²) in [6.45, 7) is 1.28. The van der Waals surface area contributed by atoms with Gasteiger partial charge in [0.15, 0.2) is 5.90 Å². The molecule has 0 aromatic heterocycles. The van der Waals surface area contributed by atoms with E-state index in [1.165, 1.54) is 0 Å². The van der Waals surface area contributed by atoms with Crippen LogP contribution in [0.4, 0.5) is 0 Å². The molecule has 0 aliphatic carbocycles. The third kappa shape index (κ3) is 2.74. The molecule has 1 unspecified atom stereocenters.